The molecule has 138 valence electrons. The van der Waals surface area contributed by atoms with Gasteiger partial charge in [0.1, 0.15) is 28.7 Å². The summed E-state index contributed by atoms with van der Waals surface area (Å²) in [4.78, 5) is 14.2. The van der Waals surface area contributed by atoms with Crippen molar-refractivity contribution in [2.24, 2.45) is 0 Å². The zero-order chi connectivity index (χ0) is 18.9. The molecule has 0 atom stereocenters. The van der Waals surface area contributed by atoms with Crippen LogP contribution in [0.3, 0.4) is 0 Å². The standard InChI is InChI=1S/C19H20F2N2O3/c1-19(2)11-23(10-12-4-5-16(25-3)9-17(12)26-19)18(24)22-15-7-13(20)6-14(21)8-15/h4-9H,10-11H2,1-3H3,(H,22,24). The number of urea groups is 1. The molecular weight excluding hydrogens is 342 g/mol. The van der Waals surface area contributed by atoms with Gasteiger partial charge >= 0.3 is 6.03 Å². The minimum atomic E-state index is -0.753. The van der Waals surface area contributed by atoms with Gasteiger partial charge in [-0.2, -0.15) is 0 Å². The fraction of sp³-hybridized carbons (Fsp3) is 0.316. The maximum absolute atomic E-state index is 13.3. The SMILES string of the molecule is COc1ccc2c(c1)OC(C)(C)CN(C(=O)Nc1cc(F)cc(F)c1)C2. The van der Waals surface area contributed by atoms with E-state index in [1.165, 1.54) is 0 Å². The fourth-order valence-electron chi connectivity index (χ4n) is 2.91. The zero-order valence-corrected chi connectivity index (χ0v) is 14.8. The second-order valence-electron chi connectivity index (χ2n) is 6.78. The molecule has 7 heteroatoms. The van der Waals surface area contributed by atoms with E-state index < -0.39 is 23.3 Å². The molecule has 0 saturated heterocycles. The Morgan fingerprint density at radius 2 is 1.88 bits per heavy atom. The highest BCUT2D eigenvalue weighted by Crippen LogP contribution is 2.32. The number of halogens is 2. The molecule has 0 aliphatic carbocycles. The predicted molar refractivity (Wildman–Crippen MR) is 93.5 cm³/mol. The molecule has 1 heterocycles. The Balaban J connectivity index is 1.85. The Morgan fingerprint density at radius 3 is 2.54 bits per heavy atom. The molecule has 0 fully saturated rings. The van der Waals surface area contributed by atoms with Gasteiger partial charge in [0.2, 0.25) is 0 Å². The topological polar surface area (TPSA) is 50.8 Å². The van der Waals surface area contributed by atoms with Gasteiger partial charge in [0.25, 0.3) is 0 Å². The van der Waals surface area contributed by atoms with E-state index in [0.29, 0.717) is 24.6 Å². The fourth-order valence-corrected chi connectivity index (χ4v) is 2.91. The molecule has 0 radical (unpaired) electrons. The molecule has 0 aromatic heterocycles. The summed E-state index contributed by atoms with van der Waals surface area (Å²) in [6.07, 6.45) is 0. The molecule has 1 N–H and O–H groups in total. The molecule has 3 rings (SSSR count). The Hall–Kier alpha value is -2.83. The first-order chi connectivity index (χ1) is 12.3. The van der Waals surface area contributed by atoms with E-state index in [4.69, 9.17) is 9.47 Å². The van der Waals surface area contributed by atoms with Gasteiger partial charge in [0.05, 0.1) is 20.2 Å². The third kappa shape index (κ3) is 4.04. The summed E-state index contributed by atoms with van der Waals surface area (Å²) < 4.78 is 37.9. The summed E-state index contributed by atoms with van der Waals surface area (Å²) in [6, 6.07) is 7.83. The second kappa shape index (κ2) is 6.82. The van der Waals surface area contributed by atoms with Crippen molar-refractivity contribution in [2.45, 2.75) is 26.0 Å². The maximum atomic E-state index is 13.3. The number of methoxy groups -OCH3 is 1. The average Bonchev–Trinajstić information content (AvgIpc) is 2.67. The van der Waals surface area contributed by atoms with E-state index in [2.05, 4.69) is 5.32 Å². The lowest BCUT2D eigenvalue weighted by molar-refractivity contribution is 0.0833. The maximum Gasteiger partial charge on any atom is 0.322 e. The zero-order valence-electron chi connectivity index (χ0n) is 14.8. The molecule has 1 aliphatic heterocycles. The molecule has 2 aromatic carbocycles. The van der Waals surface area contributed by atoms with Crippen LogP contribution < -0.4 is 14.8 Å². The lowest BCUT2D eigenvalue weighted by Gasteiger charge is -2.29. The highest BCUT2D eigenvalue weighted by Gasteiger charge is 2.32. The first kappa shape index (κ1) is 18.0. The Bertz CT molecular complexity index is 819. The van der Waals surface area contributed by atoms with Crippen LogP contribution >= 0.6 is 0 Å². The lowest BCUT2D eigenvalue weighted by Crippen LogP contribution is -2.44. The molecule has 0 unspecified atom stereocenters. The molecule has 0 spiro atoms. The lowest BCUT2D eigenvalue weighted by atomic mass is 10.1. The third-order valence-corrected chi connectivity index (χ3v) is 3.99. The smallest absolute Gasteiger partial charge is 0.322 e. The van der Waals surface area contributed by atoms with Gasteiger partial charge < -0.3 is 19.7 Å². The van der Waals surface area contributed by atoms with Gasteiger partial charge in [-0.15, -0.1) is 0 Å². The van der Waals surface area contributed by atoms with Crippen molar-refractivity contribution < 1.29 is 23.0 Å². The van der Waals surface area contributed by atoms with Gasteiger partial charge in [0.15, 0.2) is 0 Å². The van der Waals surface area contributed by atoms with Crippen molar-refractivity contribution in [1.82, 2.24) is 4.90 Å². The number of carbonyl (C=O) groups excluding carboxylic acids is 1. The predicted octanol–water partition coefficient (Wildman–Crippen LogP) is 4.18. The molecule has 5 nitrogen and oxygen atoms in total. The third-order valence-electron chi connectivity index (χ3n) is 3.99. The van der Waals surface area contributed by atoms with Crippen molar-refractivity contribution in [3.8, 4) is 11.5 Å². The molecule has 26 heavy (non-hydrogen) atoms. The molecule has 2 amide bonds. The number of hydrogen-bond donors (Lipinski definition) is 1. The molecule has 2 aromatic rings. The number of amides is 2. The van der Waals surface area contributed by atoms with Gasteiger partial charge in [-0.05, 0) is 38.1 Å². The largest absolute Gasteiger partial charge is 0.497 e. The van der Waals surface area contributed by atoms with Crippen LogP contribution in [-0.4, -0.2) is 30.2 Å². The van der Waals surface area contributed by atoms with Crippen LogP contribution in [0, 0.1) is 11.6 Å². The van der Waals surface area contributed by atoms with Gasteiger partial charge in [-0.25, -0.2) is 13.6 Å². The van der Waals surface area contributed by atoms with E-state index in [1.807, 2.05) is 19.9 Å². The second-order valence-corrected chi connectivity index (χ2v) is 6.78. The molecule has 0 bridgehead atoms. The van der Waals surface area contributed by atoms with Gasteiger partial charge in [-0.1, -0.05) is 0 Å². The minimum Gasteiger partial charge on any atom is -0.497 e. The summed E-state index contributed by atoms with van der Waals surface area (Å²) in [5, 5.41) is 2.54. The Kier molecular flexibility index (Phi) is 4.71. The number of anilines is 1. The first-order valence-corrected chi connectivity index (χ1v) is 8.14. The number of nitrogens with one attached hydrogen (secondary N) is 1. The van der Waals surface area contributed by atoms with Crippen molar-refractivity contribution in [2.75, 3.05) is 19.0 Å². The molecular formula is C19H20F2N2O3. The number of carbonyl (C=O) groups is 1. The molecule has 1 aliphatic rings. The van der Waals surface area contributed by atoms with Crippen LogP contribution in [0.2, 0.25) is 0 Å². The monoisotopic (exact) mass is 362 g/mol. The first-order valence-electron chi connectivity index (χ1n) is 8.14. The number of ether oxygens (including phenoxy) is 2. The number of benzene rings is 2. The van der Waals surface area contributed by atoms with Crippen LogP contribution in [0.5, 0.6) is 11.5 Å². The van der Waals surface area contributed by atoms with Crippen LogP contribution in [-0.2, 0) is 6.54 Å². The Labute approximate surface area is 150 Å². The van der Waals surface area contributed by atoms with Crippen LogP contribution in [0.1, 0.15) is 19.4 Å². The minimum absolute atomic E-state index is 0.0606. The summed E-state index contributed by atoms with van der Waals surface area (Å²) in [5.41, 5.74) is 0.227. The van der Waals surface area contributed by atoms with Crippen LogP contribution in [0.15, 0.2) is 36.4 Å². The van der Waals surface area contributed by atoms with Crippen molar-refractivity contribution in [3.63, 3.8) is 0 Å². The normalized spacial score (nSPS) is 15.5. The van der Waals surface area contributed by atoms with Gasteiger partial charge in [0, 0.05) is 23.4 Å². The van der Waals surface area contributed by atoms with Gasteiger partial charge in [-0.3, -0.25) is 0 Å². The summed E-state index contributed by atoms with van der Waals surface area (Å²) in [7, 11) is 1.57. The average molecular weight is 362 g/mol. The van der Waals surface area contributed by atoms with E-state index in [-0.39, 0.29) is 5.69 Å². The molecule has 0 saturated carbocycles. The van der Waals surface area contributed by atoms with E-state index in [9.17, 15) is 13.6 Å². The van der Waals surface area contributed by atoms with E-state index in [0.717, 1.165) is 23.8 Å². The number of fused-ring (bicyclic) bond motifs is 1. The summed E-state index contributed by atoms with van der Waals surface area (Å²) in [6.45, 7) is 4.33. The summed E-state index contributed by atoms with van der Waals surface area (Å²) >= 11 is 0. The van der Waals surface area contributed by atoms with Crippen LogP contribution in [0.25, 0.3) is 0 Å². The number of hydrogen-bond acceptors (Lipinski definition) is 3. The van der Waals surface area contributed by atoms with E-state index in [1.54, 1.807) is 24.1 Å². The Morgan fingerprint density at radius 1 is 1.19 bits per heavy atom. The van der Waals surface area contributed by atoms with Crippen molar-refractivity contribution in [1.29, 1.82) is 0 Å². The number of nitrogens with zero attached hydrogens (tertiary/aromatic N) is 1. The summed E-state index contributed by atoms with van der Waals surface area (Å²) in [5.74, 6) is -0.205. The number of rotatable bonds is 2. The highest BCUT2D eigenvalue weighted by atomic mass is 19.1. The van der Waals surface area contributed by atoms with Crippen molar-refractivity contribution in [3.05, 3.63) is 53.6 Å². The van der Waals surface area contributed by atoms with Crippen LogP contribution in [0.4, 0.5) is 19.3 Å². The highest BCUT2D eigenvalue weighted by molar-refractivity contribution is 5.89. The van der Waals surface area contributed by atoms with E-state index >= 15 is 0 Å². The van der Waals surface area contributed by atoms with Crippen molar-refractivity contribution >= 4 is 11.7 Å². The quantitative estimate of drug-likeness (QED) is 0.872.